The lowest BCUT2D eigenvalue weighted by Crippen LogP contribution is -2.37. The van der Waals surface area contributed by atoms with Crippen LogP contribution in [0.5, 0.6) is 0 Å². The number of fused-ring (bicyclic) bond motifs is 2. The molecule has 174 valence electrons. The van der Waals surface area contributed by atoms with E-state index >= 15 is 0 Å². The number of ether oxygens (including phenoxy) is 1. The summed E-state index contributed by atoms with van der Waals surface area (Å²) in [6, 6.07) is 16.8. The van der Waals surface area contributed by atoms with Crippen LogP contribution in [0.3, 0.4) is 0 Å². The first kappa shape index (κ1) is 23.5. The first-order valence-electron chi connectivity index (χ1n) is 11.9. The summed E-state index contributed by atoms with van der Waals surface area (Å²) in [6.45, 7) is 3.41. The minimum Gasteiger partial charge on any atom is -0.394 e. The molecule has 31 heavy (non-hydrogen) atoms. The van der Waals surface area contributed by atoms with E-state index in [2.05, 4.69) is 51.4 Å². The molecule has 1 saturated heterocycles. The Kier molecular flexibility index (Phi) is 10.1. The van der Waals surface area contributed by atoms with E-state index in [-0.39, 0.29) is 20.7 Å². The second-order valence-electron chi connectivity index (χ2n) is 7.84. The highest BCUT2D eigenvalue weighted by molar-refractivity contribution is 5.55. The molecule has 6 nitrogen and oxygen atoms in total. The molecular formula is C25H40N2O4. The van der Waals surface area contributed by atoms with Crippen molar-refractivity contribution in [2.24, 2.45) is 0 Å². The van der Waals surface area contributed by atoms with Crippen LogP contribution in [0.2, 0.25) is 0 Å². The zero-order chi connectivity index (χ0) is 23.2. The van der Waals surface area contributed by atoms with Gasteiger partial charge in [-0.05, 0) is 48.9 Å². The molecule has 3 heterocycles. The molecule has 5 rings (SSSR count). The smallest absolute Gasteiger partial charge is 0.104 e. The van der Waals surface area contributed by atoms with Crippen molar-refractivity contribution in [3.05, 3.63) is 59.7 Å². The van der Waals surface area contributed by atoms with Crippen LogP contribution in [0.1, 0.15) is 34.2 Å². The Balaban J connectivity index is 0.000000260. The van der Waals surface area contributed by atoms with Crippen molar-refractivity contribution in [1.29, 1.82) is 0 Å². The van der Waals surface area contributed by atoms with Crippen LogP contribution in [0.4, 0.5) is 11.4 Å². The molecule has 2 aromatic carbocycles. The van der Waals surface area contributed by atoms with Gasteiger partial charge in [-0.15, -0.1) is 0 Å². The number of nitrogens with one attached hydrogen (secondary N) is 1. The lowest BCUT2D eigenvalue weighted by atomic mass is 10.0. The molecule has 2 unspecified atom stereocenters. The van der Waals surface area contributed by atoms with Crippen molar-refractivity contribution < 1.29 is 22.9 Å². The number of benzene rings is 2. The second kappa shape index (κ2) is 13.3. The lowest BCUT2D eigenvalue weighted by Gasteiger charge is -2.32. The molecule has 0 spiro atoms. The van der Waals surface area contributed by atoms with Crippen LogP contribution in [-0.4, -0.2) is 67.0 Å². The Labute approximate surface area is 189 Å². The second-order valence-corrected chi connectivity index (χ2v) is 7.84. The van der Waals surface area contributed by atoms with Gasteiger partial charge in [0.1, 0.15) is 6.10 Å². The van der Waals surface area contributed by atoms with Crippen LogP contribution >= 0.6 is 0 Å². The highest BCUT2D eigenvalue weighted by Gasteiger charge is 2.20. The highest BCUT2D eigenvalue weighted by Crippen LogP contribution is 2.26. The molecule has 0 radical (unpaired) electrons. The van der Waals surface area contributed by atoms with Gasteiger partial charge in [-0.2, -0.15) is 0 Å². The minimum atomic E-state index is -0.642. The fraction of sp³-hybridized carbons (Fsp3) is 0.520. The van der Waals surface area contributed by atoms with Gasteiger partial charge in [-0.3, -0.25) is 0 Å². The van der Waals surface area contributed by atoms with Crippen LogP contribution in [-0.2, 0) is 17.6 Å². The largest absolute Gasteiger partial charge is 0.394 e. The SMILES string of the molecule is OCC(O)CN1CCCc2ccccc21.OCC1CO1.[2H]C.[3HH].c1ccc2c(c1)CCCN2. The Bertz CT molecular complexity index is 753. The number of anilines is 2. The number of hydrogen-bond acceptors (Lipinski definition) is 6. The van der Waals surface area contributed by atoms with Gasteiger partial charge in [0, 0.05) is 33.8 Å². The summed E-state index contributed by atoms with van der Waals surface area (Å²) in [5.41, 5.74) is 5.34. The number of rotatable bonds is 4. The van der Waals surface area contributed by atoms with E-state index in [4.69, 9.17) is 11.6 Å². The maximum Gasteiger partial charge on any atom is 0.104 e. The minimum absolute atomic E-state index is 0. The molecule has 1 fully saturated rings. The van der Waals surface area contributed by atoms with Gasteiger partial charge in [-0.1, -0.05) is 43.8 Å². The summed E-state index contributed by atoms with van der Waals surface area (Å²) in [5.74, 6) is 0. The lowest BCUT2D eigenvalue weighted by molar-refractivity contribution is 0.0996. The molecular weight excluding hydrogens is 392 g/mol. The number of aryl methyl sites for hydroxylation is 2. The number of nitrogens with zero attached hydrogens (tertiary/aromatic N) is 1. The molecule has 3 aliphatic heterocycles. The number of hydrogen-bond donors (Lipinski definition) is 4. The maximum absolute atomic E-state index is 9.44. The number of aliphatic hydroxyl groups is 3. The van der Waals surface area contributed by atoms with Gasteiger partial charge in [0.25, 0.3) is 0 Å². The zero-order valence-electron chi connectivity index (χ0n) is 19.5. The molecule has 2 aromatic rings. The Morgan fingerprint density at radius 2 is 1.77 bits per heavy atom. The van der Waals surface area contributed by atoms with Gasteiger partial charge in [0.15, 0.2) is 0 Å². The van der Waals surface area contributed by atoms with Gasteiger partial charge >= 0.3 is 0 Å². The fourth-order valence-electron chi connectivity index (χ4n) is 3.70. The molecule has 0 saturated carbocycles. The summed E-state index contributed by atoms with van der Waals surface area (Å²) in [6.07, 6.45) is 4.29. The molecule has 0 aliphatic carbocycles. The summed E-state index contributed by atoms with van der Waals surface area (Å²) in [7, 11) is 1.25. The van der Waals surface area contributed by atoms with E-state index in [0.29, 0.717) is 6.54 Å². The molecule has 0 amide bonds. The topological polar surface area (TPSA) is 88.5 Å². The molecule has 0 aromatic heterocycles. The summed E-state index contributed by atoms with van der Waals surface area (Å²) in [4.78, 5) is 2.15. The van der Waals surface area contributed by atoms with Crippen LogP contribution in [0.25, 0.3) is 0 Å². The van der Waals surface area contributed by atoms with E-state index in [1.807, 2.05) is 12.1 Å². The van der Waals surface area contributed by atoms with Gasteiger partial charge in [0.05, 0.1) is 25.9 Å². The average Bonchev–Trinajstić information content (AvgIpc) is 3.71. The predicted octanol–water partition coefficient (Wildman–Crippen LogP) is 3.10. The van der Waals surface area contributed by atoms with E-state index in [0.717, 1.165) is 32.5 Å². The molecule has 0 bridgehead atoms. The predicted molar refractivity (Wildman–Crippen MR) is 129 cm³/mol. The van der Waals surface area contributed by atoms with E-state index < -0.39 is 6.10 Å². The number of para-hydroxylation sites is 2. The Morgan fingerprint density at radius 3 is 2.42 bits per heavy atom. The third kappa shape index (κ3) is 8.15. The summed E-state index contributed by atoms with van der Waals surface area (Å²) < 4.78 is 10.4. The molecule has 4 N–H and O–H groups in total. The molecule has 3 aliphatic rings. The fourth-order valence-corrected chi connectivity index (χ4v) is 3.70. The third-order valence-corrected chi connectivity index (χ3v) is 5.41. The van der Waals surface area contributed by atoms with E-state index in [1.54, 1.807) is 0 Å². The van der Waals surface area contributed by atoms with Crippen LogP contribution in [0, 0.1) is 0 Å². The first-order valence-corrected chi connectivity index (χ1v) is 10.9. The van der Waals surface area contributed by atoms with Crippen LogP contribution in [0.15, 0.2) is 48.5 Å². The first-order chi connectivity index (χ1) is 15.7. The van der Waals surface area contributed by atoms with Crippen molar-refractivity contribution in [1.82, 2.24) is 0 Å². The molecule has 2 atom stereocenters. The van der Waals surface area contributed by atoms with Crippen LogP contribution < -0.4 is 10.2 Å². The van der Waals surface area contributed by atoms with Gasteiger partial charge in [0.2, 0.25) is 0 Å². The molecule has 6 heteroatoms. The summed E-state index contributed by atoms with van der Waals surface area (Å²) in [5, 5.41) is 29.7. The van der Waals surface area contributed by atoms with Crippen molar-refractivity contribution in [2.45, 2.75) is 45.3 Å². The zero-order valence-corrected chi connectivity index (χ0v) is 18.5. The van der Waals surface area contributed by atoms with Crippen molar-refractivity contribution in [3.8, 4) is 0 Å². The van der Waals surface area contributed by atoms with Gasteiger partial charge in [-0.25, -0.2) is 0 Å². The number of epoxide rings is 1. The normalized spacial score (nSPS) is 19.2. The third-order valence-electron chi connectivity index (χ3n) is 5.41. The van der Waals surface area contributed by atoms with E-state index in [1.165, 1.54) is 42.7 Å². The average molecular weight is 436 g/mol. The van der Waals surface area contributed by atoms with E-state index in [9.17, 15) is 5.11 Å². The summed E-state index contributed by atoms with van der Waals surface area (Å²) >= 11 is 0. The maximum atomic E-state index is 9.44. The highest BCUT2D eigenvalue weighted by atomic mass is 16.6. The number of aliphatic hydroxyl groups excluding tert-OH is 3. The monoisotopic (exact) mass is 435 g/mol. The Hall–Kier alpha value is -2.12. The quantitative estimate of drug-likeness (QED) is 0.552. The number of β-amino-alcohol motifs (C(OH)–C–C–N with tert-alkyl or cyclic N) is 1. The standard InChI is InChI=1S/C12H17NO2.C9H11N.C3H6O2.CH4.H2/c14-9-11(15)8-13-7-3-5-10-4-1-2-6-12(10)13;1-2-6-9-8(4-1)5-3-7-10-9;4-1-3-2-5-3;;/h1-2,4,6,11,14-15H,3,5,7-9H2;1-2,4,6,10H,3,5,7H2;3-4H,1-2H2;1H4;1H/i;;;1D;1+2. The van der Waals surface area contributed by atoms with Crippen molar-refractivity contribution in [2.75, 3.05) is 49.7 Å². The van der Waals surface area contributed by atoms with Gasteiger partial charge < -0.3 is 30.3 Å². The van der Waals surface area contributed by atoms with Crippen molar-refractivity contribution in [3.63, 3.8) is 0 Å². The Morgan fingerprint density at radius 1 is 1.10 bits per heavy atom. The van der Waals surface area contributed by atoms with Crippen molar-refractivity contribution >= 4 is 11.4 Å².